The summed E-state index contributed by atoms with van der Waals surface area (Å²) in [6.45, 7) is 3.49. The van der Waals surface area contributed by atoms with Crippen LogP contribution < -0.4 is 14.8 Å². The van der Waals surface area contributed by atoms with Crippen molar-refractivity contribution in [1.29, 1.82) is 0 Å². The molecule has 1 fully saturated rings. The molecule has 0 aromatic heterocycles. The molecule has 1 aliphatic rings. The lowest BCUT2D eigenvalue weighted by Crippen LogP contribution is -2.19. The van der Waals surface area contributed by atoms with E-state index in [2.05, 4.69) is 18.3 Å². The third kappa shape index (κ3) is 4.71. The molecule has 3 heteroatoms. The molecule has 1 unspecified atom stereocenters. The highest BCUT2D eigenvalue weighted by Gasteiger charge is 2.20. The summed E-state index contributed by atoms with van der Waals surface area (Å²) in [6, 6.07) is 6.85. The molecule has 112 valence electrons. The summed E-state index contributed by atoms with van der Waals surface area (Å²) in [5.74, 6) is 2.61. The van der Waals surface area contributed by atoms with Crippen LogP contribution in [0.2, 0.25) is 0 Å². The fourth-order valence-electron chi connectivity index (χ4n) is 2.44. The van der Waals surface area contributed by atoms with Crippen LogP contribution in [-0.4, -0.2) is 26.8 Å². The molecule has 0 saturated heterocycles. The summed E-state index contributed by atoms with van der Waals surface area (Å²) in [7, 11) is 3.44. The lowest BCUT2D eigenvalue weighted by atomic mass is 9.97. The first kappa shape index (κ1) is 15.2. The highest BCUT2D eigenvalue weighted by molar-refractivity contribution is 5.40. The van der Waals surface area contributed by atoms with Crippen LogP contribution in [0.15, 0.2) is 18.2 Å². The number of methoxy groups -OCH3 is 2. The van der Waals surface area contributed by atoms with Gasteiger partial charge in [0.25, 0.3) is 0 Å². The monoisotopic (exact) mass is 277 g/mol. The topological polar surface area (TPSA) is 30.5 Å². The van der Waals surface area contributed by atoms with Gasteiger partial charge >= 0.3 is 0 Å². The van der Waals surface area contributed by atoms with Crippen LogP contribution in [0.4, 0.5) is 0 Å². The van der Waals surface area contributed by atoms with Gasteiger partial charge in [0.05, 0.1) is 14.2 Å². The van der Waals surface area contributed by atoms with E-state index in [1.54, 1.807) is 14.2 Å². The minimum atomic E-state index is 0.733. The maximum absolute atomic E-state index is 5.43. The summed E-state index contributed by atoms with van der Waals surface area (Å²) in [5, 5.41) is 3.58. The second-order valence-corrected chi connectivity index (χ2v) is 5.84. The first-order valence-corrected chi connectivity index (χ1v) is 7.67. The number of benzene rings is 1. The van der Waals surface area contributed by atoms with E-state index in [0.717, 1.165) is 36.4 Å². The van der Waals surface area contributed by atoms with Crippen LogP contribution in [0.5, 0.6) is 11.5 Å². The summed E-state index contributed by atoms with van der Waals surface area (Å²) < 4.78 is 10.7. The number of hydrogen-bond donors (Lipinski definition) is 1. The predicted octanol–water partition coefficient (Wildman–Crippen LogP) is 3.41. The van der Waals surface area contributed by atoms with Gasteiger partial charge in [0.15, 0.2) is 0 Å². The molecule has 0 radical (unpaired) electrons. The van der Waals surface area contributed by atoms with E-state index in [-0.39, 0.29) is 0 Å². The largest absolute Gasteiger partial charge is 0.497 e. The number of nitrogens with one attached hydrogen (secondary N) is 1. The Morgan fingerprint density at radius 3 is 2.65 bits per heavy atom. The molecular weight excluding hydrogens is 250 g/mol. The molecule has 0 spiro atoms. The van der Waals surface area contributed by atoms with E-state index in [4.69, 9.17) is 9.47 Å². The Balaban J connectivity index is 1.78. The van der Waals surface area contributed by atoms with Crippen molar-refractivity contribution in [2.24, 2.45) is 5.92 Å². The van der Waals surface area contributed by atoms with Gasteiger partial charge in [0, 0.05) is 6.04 Å². The van der Waals surface area contributed by atoms with Gasteiger partial charge in [0.1, 0.15) is 11.5 Å². The molecule has 1 atom stereocenters. The van der Waals surface area contributed by atoms with E-state index >= 15 is 0 Å². The fraction of sp³-hybridized carbons (Fsp3) is 0.647. The van der Waals surface area contributed by atoms with Crippen LogP contribution >= 0.6 is 0 Å². The molecule has 1 saturated carbocycles. The predicted molar refractivity (Wildman–Crippen MR) is 82.7 cm³/mol. The summed E-state index contributed by atoms with van der Waals surface area (Å²) in [5.41, 5.74) is 1.24. The molecule has 1 aliphatic carbocycles. The molecule has 3 nitrogen and oxygen atoms in total. The average molecular weight is 277 g/mol. The minimum absolute atomic E-state index is 0.733. The quantitative estimate of drug-likeness (QED) is 0.750. The van der Waals surface area contributed by atoms with Gasteiger partial charge in [-0.15, -0.1) is 0 Å². The van der Waals surface area contributed by atoms with Gasteiger partial charge in [0.2, 0.25) is 0 Å². The fourth-order valence-corrected chi connectivity index (χ4v) is 2.44. The lowest BCUT2D eigenvalue weighted by Gasteiger charge is -2.14. The van der Waals surface area contributed by atoms with Crippen LogP contribution in [0.25, 0.3) is 0 Å². The van der Waals surface area contributed by atoms with E-state index in [1.165, 1.54) is 31.2 Å². The Bertz CT molecular complexity index is 415. The van der Waals surface area contributed by atoms with Gasteiger partial charge in [-0.05, 0) is 68.3 Å². The Hall–Kier alpha value is -1.22. The summed E-state index contributed by atoms with van der Waals surface area (Å²) >= 11 is 0. The zero-order chi connectivity index (χ0) is 14.4. The van der Waals surface area contributed by atoms with Gasteiger partial charge in [-0.1, -0.05) is 6.92 Å². The third-order valence-electron chi connectivity index (χ3n) is 4.04. The van der Waals surface area contributed by atoms with Crippen LogP contribution in [0.1, 0.15) is 38.2 Å². The Morgan fingerprint density at radius 2 is 2.00 bits per heavy atom. The first-order valence-electron chi connectivity index (χ1n) is 7.67. The SMILES string of the molecule is COc1ccc(OC)c(CCC(C)CCNC2CC2)c1. The summed E-state index contributed by atoms with van der Waals surface area (Å²) in [4.78, 5) is 0. The second kappa shape index (κ2) is 7.53. The number of hydrogen-bond acceptors (Lipinski definition) is 3. The standard InChI is InChI=1S/C17H27NO2/c1-13(10-11-18-15-6-7-15)4-5-14-12-16(19-2)8-9-17(14)20-3/h8-9,12-13,15,18H,4-7,10-11H2,1-3H3. The van der Waals surface area contributed by atoms with Crippen molar-refractivity contribution < 1.29 is 9.47 Å². The van der Waals surface area contributed by atoms with E-state index in [9.17, 15) is 0 Å². The third-order valence-corrected chi connectivity index (χ3v) is 4.04. The molecule has 0 amide bonds. The van der Waals surface area contributed by atoms with Gasteiger partial charge in [-0.25, -0.2) is 0 Å². The first-order chi connectivity index (χ1) is 9.72. The number of rotatable bonds is 9. The zero-order valence-electron chi connectivity index (χ0n) is 12.9. The van der Waals surface area contributed by atoms with Crippen LogP contribution in [0, 0.1) is 5.92 Å². The normalized spacial score (nSPS) is 15.9. The maximum atomic E-state index is 5.43. The highest BCUT2D eigenvalue weighted by atomic mass is 16.5. The second-order valence-electron chi connectivity index (χ2n) is 5.84. The van der Waals surface area contributed by atoms with Crippen LogP contribution in [-0.2, 0) is 6.42 Å². The molecule has 1 aromatic rings. The smallest absolute Gasteiger partial charge is 0.122 e. The average Bonchev–Trinajstić information content (AvgIpc) is 3.29. The van der Waals surface area contributed by atoms with Crippen molar-refractivity contribution >= 4 is 0 Å². The van der Waals surface area contributed by atoms with Gasteiger partial charge in [-0.2, -0.15) is 0 Å². The van der Waals surface area contributed by atoms with Gasteiger partial charge in [-0.3, -0.25) is 0 Å². The van der Waals surface area contributed by atoms with Crippen molar-refractivity contribution in [1.82, 2.24) is 5.32 Å². The van der Waals surface area contributed by atoms with Gasteiger partial charge < -0.3 is 14.8 Å². The number of aryl methyl sites for hydroxylation is 1. The van der Waals surface area contributed by atoms with E-state index < -0.39 is 0 Å². The van der Waals surface area contributed by atoms with Crippen molar-refractivity contribution in [2.45, 2.75) is 45.1 Å². The summed E-state index contributed by atoms with van der Waals surface area (Å²) in [6.07, 6.45) is 6.23. The Kier molecular flexibility index (Phi) is 5.72. The Morgan fingerprint density at radius 1 is 1.20 bits per heavy atom. The zero-order valence-corrected chi connectivity index (χ0v) is 12.9. The van der Waals surface area contributed by atoms with Crippen LogP contribution in [0.3, 0.4) is 0 Å². The highest BCUT2D eigenvalue weighted by Crippen LogP contribution is 2.26. The molecule has 20 heavy (non-hydrogen) atoms. The van der Waals surface area contributed by atoms with Crippen molar-refractivity contribution in [3.63, 3.8) is 0 Å². The van der Waals surface area contributed by atoms with E-state index in [0.29, 0.717) is 0 Å². The number of ether oxygens (including phenoxy) is 2. The molecule has 0 bridgehead atoms. The van der Waals surface area contributed by atoms with Crippen molar-refractivity contribution in [2.75, 3.05) is 20.8 Å². The maximum Gasteiger partial charge on any atom is 0.122 e. The molecule has 2 rings (SSSR count). The molecule has 1 aromatic carbocycles. The lowest BCUT2D eigenvalue weighted by molar-refractivity contribution is 0.395. The molecular formula is C17H27NO2. The molecule has 1 N–H and O–H groups in total. The van der Waals surface area contributed by atoms with E-state index in [1.807, 2.05) is 12.1 Å². The van der Waals surface area contributed by atoms with Crippen molar-refractivity contribution in [3.8, 4) is 11.5 Å². The van der Waals surface area contributed by atoms with Crippen molar-refractivity contribution in [3.05, 3.63) is 23.8 Å². The molecule has 0 heterocycles. The molecule has 0 aliphatic heterocycles. The Labute approximate surface area is 122 Å². The minimum Gasteiger partial charge on any atom is -0.497 e.